The van der Waals surface area contributed by atoms with E-state index in [-0.39, 0.29) is 11.8 Å². The maximum absolute atomic E-state index is 11.7. The van der Waals surface area contributed by atoms with Crippen molar-refractivity contribution in [2.24, 2.45) is 5.92 Å². The number of halogens is 1. The number of alkyl halides is 1. The lowest BCUT2D eigenvalue weighted by Crippen LogP contribution is -2.35. The summed E-state index contributed by atoms with van der Waals surface area (Å²) in [5.74, 6) is 0.479. The zero-order valence-corrected chi connectivity index (χ0v) is 10.6. The first-order valence-electron chi connectivity index (χ1n) is 4.91. The summed E-state index contributed by atoms with van der Waals surface area (Å²) in [4.78, 5) is 13.9. The van der Waals surface area contributed by atoms with Crippen molar-refractivity contribution in [2.45, 2.75) is 38.4 Å². The van der Waals surface area contributed by atoms with Crippen molar-refractivity contribution in [1.29, 1.82) is 0 Å². The molecule has 0 aromatic carbocycles. The molecule has 0 aliphatic heterocycles. The Hall–Kier alpha value is -0.0500. The van der Waals surface area contributed by atoms with Crippen molar-refractivity contribution in [1.82, 2.24) is 4.90 Å². The van der Waals surface area contributed by atoms with Crippen LogP contribution in [0.2, 0.25) is 0 Å². The first-order valence-corrected chi connectivity index (χ1v) is 5.83. The molecule has 1 atom stereocenters. The summed E-state index contributed by atoms with van der Waals surface area (Å²) in [5.41, 5.74) is 0. The van der Waals surface area contributed by atoms with Crippen molar-refractivity contribution >= 4 is 21.8 Å². The van der Waals surface area contributed by atoms with Gasteiger partial charge >= 0.3 is 0 Å². The highest BCUT2D eigenvalue weighted by molar-refractivity contribution is 9.09. The smallest absolute Gasteiger partial charge is 0.225 e. The van der Waals surface area contributed by atoms with Gasteiger partial charge in [0.1, 0.15) is 0 Å². The third-order valence-electron chi connectivity index (χ3n) is 2.24. The van der Waals surface area contributed by atoms with E-state index in [0.29, 0.717) is 4.83 Å². The summed E-state index contributed by atoms with van der Waals surface area (Å²) in [5, 5.41) is 0. The molecule has 0 rings (SSSR count). The minimum atomic E-state index is 0.205. The minimum absolute atomic E-state index is 0.205. The molecular formula is C10H20BrNO. The molecule has 0 aromatic rings. The molecule has 0 N–H and O–H groups in total. The standard InChI is InChI=1S/C10H20BrNO/c1-5-9(6-2)10(13)12(4)7-8(3)11/h8-9H,5-7H2,1-4H3. The fourth-order valence-corrected chi connectivity index (χ4v) is 1.85. The fraction of sp³-hybridized carbons (Fsp3) is 0.900. The molecule has 0 aliphatic rings. The molecule has 2 nitrogen and oxygen atoms in total. The van der Waals surface area contributed by atoms with Crippen LogP contribution in [0.5, 0.6) is 0 Å². The van der Waals surface area contributed by atoms with Crippen LogP contribution in [0, 0.1) is 5.92 Å². The Kier molecular flexibility index (Phi) is 6.39. The van der Waals surface area contributed by atoms with Crippen molar-refractivity contribution in [3.05, 3.63) is 0 Å². The second-order valence-corrected chi connectivity index (χ2v) is 5.08. The van der Waals surface area contributed by atoms with Crippen molar-refractivity contribution in [3.8, 4) is 0 Å². The molecule has 0 radical (unpaired) electrons. The van der Waals surface area contributed by atoms with E-state index in [2.05, 4.69) is 36.7 Å². The molecule has 0 saturated carbocycles. The van der Waals surface area contributed by atoms with Crippen LogP contribution in [0.1, 0.15) is 33.6 Å². The molecule has 1 amide bonds. The van der Waals surface area contributed by atoms with Gasteiger partial charge in [-0.05, 0) is 12.8 Å². The van der Waals surface area contributed by atoms with Crippen LogP contribution in [0.25, 0.3) is 0 Å². The second kappa shape index (κ2) is 6.41. The van der Waals surface area contributed by atoms with Gasteiger partial charge in [0, 0.05) is 24.3 Å². The molecule has 0 spiro atoms. The van der Waals surface area contributed by atoms with Gasteiger partial charge in [-0.3, -0.25) is 4.79 Å². The molecule has 1 unspecified atom stereocenters. The predicted octanol–water partition coefficient (Wildman–Crippen LogP) is 2.66. The van der Waals surface area contributed by atoms with Crippen LogP contribution in [0.4, 0.5) is 0 Å². The molecule has 0 aromatic heterocycles. The third kappa shape index (κ3) is 4.65. The quantitative estimate of drug-likeness (QED) is 0.687. The molecule has 0 heterocycles. The Morgan fingerprint density at radius 3 is 2.15 bits per heavy atom. The van der Waals surface area contributed by atoms with E-state index in [1.165, 1.54) is 0 Å². The number of amides is 1. The molecule has 0 saturated heterocycles. The van der Waals surface area contributed by atoms with E-state index in [1.54, 1.807) is 0 Å². The maximum Gasteiger partial charge on any atom is 0.225 e. The molecule has 78 valence electrons. The first kappa shape index (κ1) is 12.9. The van der Waals surface area contributed by atoms with Crippen LogP contribution in [0.3, 0.4) is 0 Å². The lowest BCUT2D eigenvalue weighted by molar-refractivity contribution is -0.134. The Morgan fingerprint density at radius 1 is 1.38 bits per heavy atom. The average molecular weight is 250 g/mol. The van der Waals surface area contributed by atoms with Gasteiger partial charge in [0.25, 0.3) is 0 Å². The number of carbonyl (C=O) groups excluding carboxylic acids is 1. The van der Waals surface area contributed by atoms with Crippen LogP contribution in [0.15, 0.2) is 0 Å². The average Bonchev–Trinajstić information content (AvgIpc) is 2.05. The van der Waals surface area contributed by atoms with Crippen molar-refractivity contribution in [2.75, 3.05) is 13.6 Å². The Balaban J connectivity index is 4.07. The van der Waals surface area contributed by atoms with Gasteiger partial charge < -0.3 is 4.90 Å². The number of rotatable bonds is 5. The molecular weight excluding hydrogens is 230 g/mol. The normalized spacial score (nSPS) is 13.1. The van der Waals surface area contributed by atoms with Gasteiger partial charge in [-0.1, -0.05) is 36.7 Å². The van der Waals surface area contributed by atoms with Crippen LogP contribution in [-0.4, -0.2) is 29.2 Å². The number of hydrogen-bond donors (Lipinski definition) is 0. The van der Waals surface area contributed by atoms with Gasteiger partial charge in [-0.25, -0.2) is 0 Å². The lowest BCUT2D eigenvalue weighted by Gasteiger charge is -2.23. The van der Waals surface area contributed by atoms with Gasteiger partial charge in [0.05, 0.1) is 0 Å². The summed E-state index contributed by atoms with van der Waals surface area (Å²) < 4.78 is 0. The van der Waals surface area contributed by atoms with Crippen LogP contribution in [-0.2, 0) is 4.79 Å². The van der Waals surface area contributed by atoms with Crippen LogP contribution >= 0.6 is 15.9 Å². The van der Waals surface area contributed by atoms with Crippen molar-refractivity contribution in [3.63, 3.8) is 0 Å². The topological polar surface area (TPSA) is 20.3 Å². The second-order valence-electron chi connectivity index (χ2n) is 3.51. The Morgan fingerprint density at radius 2 is 1.85 bits per heavy atom. The highest BCUT2D eigenvalue weighted by Crippen LogP contribution is 2.12. The predicted molar refractivity (Wildman–Crippen MR) is 60.1 cm³/mol. The summed E-state index contributed by atoms with van der Waals surface area (Å²) in [7, 11) is 1.87. The van der Waals surface area contributed by atoms with Gasteiger partial charge in [0.15, 0.2) is 0 Å². The van der Waals surface area contributed by atoms with Gasteiger partial charge in [0.2, 0.25) is 5.91 Å². The van der Waals surface area contributed by atoms with E-state index < -0.39 is 0 Å². The van der Waals surface area contributed by atoms with E-state index >= 15 is 0 Å². The van der Waals surface area contributed by atoms with E-state index in [1.807, 2.05) is 11.9 Å². The first-order chi connectivity index (χ1) is 6.02. The highest BCUT2D eigenvalue weighted by Gasteiger charge is 2.18. The van der Waals surface area contributed by atoms with E-state index in [4.69, 9.17) is 0 Å². The maximum atomic E-state index is 11.7. The van der Waals surface area contributed by atoms with Crippen molar-refractivity contribution < 1.29 is 4.79 Å². The lowest BCUT2D eigenvalue weighted by atomic mass is 10.0. The summed E-state index contributed by atoms with van der Waals surface area (Å²) in [6, 6.07) is 0. The summed E-state index contributed by atoms with van der Waals surface area (Å²) in [6.45, 7) is 6.97. The molecule has 0 aliphatic carbocycles. The highest BCUT2D eigenvalue weighted by atomic mass is 79.9. The number of nitrogens with zero attached hydrogens (tertiary/aromatic N) is 1. The zero-order chi connectivity index (χ0) is 10.4. The fourth-order valence-electron chi connectivity index (χ4n) is 1.42. The molecule has 3 heteroatoms. The molecule has 0 fully saturated rings. The largest absolute Gasteiger partial charge is 0.344 e. The number of hydrogen-bond acceptors (Lipinski definition) is 1. The summed E-state index contributed by atoms with van der Waals surface area (Å²) >= 11 is 3.44. The number of carbonyl (C=O) groups is 1. The molecule has 13 heavy (non-hydrogen) atoms. The van der Waals surface area contributed by atoms with Gasteiger partial charge in [-0.15, -0.1) is 0 Å². The third-order valence-corrected chi connectivity index (χ3v) is 2.53. The monoisotopic (exact) mass is 249 g/mol. The molecule has 0 bridgehead atoms. The van der Waals surface area contributed by atoms with E-state index in [0.717, 1.165) is 19.4 Å². The Bertz CT molecular complexity index is 155. The van der Waals surface area contributed by atoms with Gasteiger partial charge in [-0.2, -0.15) is 0 Å². The van der Waals surface area contributed by atoms with Crippen LogP contribution < -0.4 is 0 Å². The SMILES string of the molecule is CCC(CC)C(=O)N(C)CC(C)Br. The Labute approximate surface area is 89.8 Å². The van der Waals surface area contributed by atoms with E-state index in [9.17, 15) is 4.79 Å². The zero-order valence-electron chi connectivity index (χ0n) is 9.01. The minimum Gasteiger partial charge on any atom is -0.344 e. The summed E-state index contributed by atoms with van der Waals surface area (Å²) in [6.07, 6.45) is 1.88.